The molecule has 14 heteroatoms. The van der Waals surface area contributed by atoms with Crippen LogP contribution < -0.4 is 10.1 Å². The van der Waals surface area contributed by atoms with Crippen LogP contribution in [-0.4, -0.2) is 112 Å². The van der Waals surface area contributed by atoms with E-state index in [1.807, 2.05) is 19.0 Å². The van der Waals surface area contributed by atoms with Crippen LogP contribution in [0.1, 0.15) is 12.0 Å². The number of carbonyl (C=O) groups is 1. The third-order valence-electron chi connectivity index (χ3n) is 6.47. The van der Waals surface area contributed by atoms with Crippen molar-refractivity contribution in [1.29, 1.82) is 0 Å². The summed E-state index contributed by atoms with van der Waals surface area (Å²) in [5.41, 5.74) is 1.27. The maximum Gasteiger partial charge on any atom is 0.278 e. The van der Waals surface area contributed by atoms with Crippen molar-refractivity contribution >= 4 is 48.3 Å². The fourth-order valence-corrected chi connectivity index (χ4v) is 6.61. The molecule has 3 aromatic rings. The highest BCUT2D eigenvalue weighted by molar-refractivity contribution is 7.92. The molecule has 4 heterocycles. The van der Waals surface area contributed by atoms with Crippen molar-refractivity contribution in [3.63, 3.8) is 0 Å². The highest BCUT2D eigenvalue weighted by Crippen LogP contribution is 2.27. The van der Waals surface area contributed by atoms with Crippen molar-refractivity contribution in [2.45, 2.75) is 16.6 Å². The number of carbonyl (C=O) groups excluding carboxylic acids is 1. The molecule has 40 heavy (non-hydrogen) atoms. The van der Waals surface area contributed by atoms with E-state index < -0.39 is 21.0 Å². The van der Waals surface area contributed by atoms with Crippen molar-refractivity contribution < 1.29 is 27.4 Å². The Labute approximate surface area is 236 Å². The number of morpholine rings is 1. The molecule has 0 aliphatic carbocycles. The number of nitrogens with one attached hydrogen (secondary N) is 1. The zero-order chi connectivity index (χ0) is 28.1. The van der Waals surface area contributed by atoms with Crippen LogP contribution in [0.4, 0.5) is 5.13 Å². The minimum Gasteiger partial charge on any atom is -0.476 e. The van der Waals surface area contributed by atoms with Gasteiger partial charge in [-0.25, -0.2) is 18.4 Å². The fraction of sp³-hybridized carbons (Fsp3) is 0.462. The Balaban J connectivity index is 1.36. The summed E-state index contributed by atoms with van der Waals surface area (Å²) < 4.78 is 42.3. The number of ether oxygens (including phenoxy) is 3. The third-order valence-corrected chi connectivity index (χ3v) is 9.53. The van der Waals surface area contributed by atoms with Gasteiger partial charge in [0.25, 0.3) is 5.91 Å². The van der Waals surface area contributed by atoms with Gasteiger partial charge in [-0.1, -0.05) is 23.5 Å². The Kier molecular flexibility index (Phi) is 8.90. The van der Waals surface area contributed by atoms with Crippen molar-refractivity contribution in [2.24, 2.45) is 5.10 Å². The molecule has 0 radical (unpaired) electrons. The summed E-state index contributed by atoms with van der Waals surface area (Å²) in [6, 6.07) is 9.81. The predicted octanol–water partition coefficient (Wildman–Crippen LogP) is 1.87. The van der Waals surface area contributed by atoms with E-state index in [-0.39, 0.29) is 17.2 Å². The molecule has 0 unspecified atom stereocenters. The second kappa shape index (κ2) is 12.6. The van der Waals surface area contributed by atoms with Crippen LogP contribution in [0, 0.1) is 0 Å². The van der Waals surface area contributed by atoms with Crippen LogP contribution in [0.25, 0.3) is 10.3 Å². The number of nitrogens with zero attached hydrogens (tertiary/aromatic N) is 5. The van der Waals surface area contributed by atoms with Gasteiger partial charge in [0, 0.05) is 24.8 Å². The number of pyridine rings is 1. The number of hydrogen-bond acceptors (Lipinski definition) is 12. The molecule has 0 saturated carbocycles. The van der Waals surface area contributed by atoms with Crippen molar-refractivity contribution in [3.8, 4) is 5.88 Å². The fourth-order valence-electron chi connectivity index (χ4n) is 4.21. The number of hydrogen-bond donors (Lipinski definition) is 1. The van der Waals surface area contributed by atoms with Gasteiger partial charge in [0.1, 0.15) is 17.0 Å². The number of hydrazone groups is 1. The molecule has 0 spiro atoms. The van der Waals surface area contributed by atoms with Gasteiger partial charge in [-0.15, -0.1) is 0 Å². The summed E-state index contributed by atoms with van der Waals surface area (Å²) in [4.78, 5) is 25.4. The van der Waals surface area contributed by atoms with Crippen LogP contribution in [0.15, 0.2) is 46.4 Å². The lowest BCUT2D eigenvalue weighted by Gasteiger charge is -2.25. The number of aromatic nitrogens is 2. The first kappa shape index (κ1) is 28.4. The number of sulfone groups is 1. The highest BCUT2D eigenvalue weighted by atomic mass is 32.2. The van der Waals surface area contributed by atoms with Crippen LogP contribution in [0.3, 0.4) is 0 Å². The number of anilines is 1. The first-order valence-electron chi connectivity index (χ1n) is 13.0. The molecule has 5 rings (SSSR count). The van der Waals surface area contributed by atoms with Gasteiger partial charge in [-0.3, -0.25) is 15.1 Å². The summed E-state index contributed by atoms with van der Waals surface area (Å²) in [6.45, 7) is 3.96. The number of thiazole rings is 1. The second-order valence-corrected chi connectivity index (χ2v) is 12.9. The Morgan fingerprint density at radius 3 is 2.60 bits per heavy atom. The Morgan fingerprint density at radius 2 is 1.90 bits per heavy atom. The number of benzene rings is 1. The second-order valence-electron chi connectivity index (χ2n) is 9.67. The predicted molar refractivity (Wildman–Crippen MR) is 152 cm³/mol. The lowest BCUT2D eigenvalue weighted by atomic mass is 10.1. The molecule has 1 aromatic carbocycles. The molecule has 12 nitrogen and oxygen atoms in total. The highest BCUT2D eigenvalue weighted by Gasteiger charge is 2.31. The summed E-state index contributed by atoms with van der Waals surface area (Å²) in [6.07, 6.45) is 0.469. The quantitative estimate of drug-likeness (QED) is 0.350. The molecule has 2 fully saturated rings. The van der Waals surface area contributed by atoms with Crippen molar-refractivity contribution in [3.05, 3.63) is 42.0 Å². The molecule has 1 atom stereocenters. The van der Waals surface area contributed by atoms with Crippen LogP contribution in [-0.2, 0) is 24.1 Å². The Morgan fingerprint density at radius 1 is 1.12 bits per heavy atom. The van der Waals surface area contributed by atoms with Crippen molar-refractivity contribution in [1.82, 2.24) is 19.9 Å². The summed E-state index contributed by atoms with van der Waals surface area (Å²) in [7, 11) is 0.412. The van der Waals surface area contributed by atoms with E-state index in [9.17, 15) is 13.2 Å². The number of likely N-dealkylation sites (N-methyl/N-ethyl adjacent to an activating group) is 1. The average molecular weight is 589 g/mol. The minimum atomic E-state index is -3.53. The maximum atomic E-state index is 13.5. The number of fused-ring (bicyclic) bond motifs is 1. The largest absolute Gasteiger partial charge is 0.476 e. The van der Waals surface area contributed by atoms with Gasteiger partial charge in [-0.05, 0) is 38.7 Å². The van der Waals surface area contributed by atoms with Gasteiger partial charge in [0.15, 0.2) is 20.7 Å². The summed E-state index contributed by atoms with van der Waals surface area (Å²) in [5.74, 6) is 0.0254. The SMILES string of the molecule is CN(C)CCOc1ccc2nc(NC(=O)C(=NN3CCOCC3)c3ccc(S(=O)(=O)[C@H]4CCOC4)cc3)sc2n1. The first-order chi connectivity index (χ1) is 19.3. The molecule has 2 aromatic heterocycles. The van der Waals surface area contributed by atoms with E-state index in [2.05, 4.69) is 20.4 Å². The molecule has 1 amide bonds. The van der Waals surface area contributed by atoms with E-state index in [4.69, 9.17) is 14.2 Å². The Bertz CT molecular complexity index is 1460. The lowest BCUT2D eigenvalue weighted by Crippen LogP contribution is -2.35. The molecule has 2 saturated heterocycles. The van der Waals surface area contributed by atoms with E-state index in [1.165, 1.54) is 23.5 Å². The van der Waals surface area contributed by atoms with Gasteiger partial charge >= 0.3 is 0 Å². The Hall–Kier alpha value is -3.17. The summed E-state index contributed by atoms with van der Waals surface area (Å²) >= 11 is 1.23. The zero-order valence-electron chi connectivity index (χ0n) is 22.4. The van der Waals surface area contributed by atoms with Gasteiger partial charge in [0.2, 0.25) is 5.88 Å². The number of rotatable bonds is 10. The average Bonchev–Trinajstić information content (AvgIpc) is 3.63. The standard InChI is InChI=1S/C26H32N6O6S2/c1-31(2)10-16-38-22-8-7-21-25(28-22)39-26(27-21)29-24(33)23(30-32-11-14-36-15-12-32)18-3-5-19(6-4-18)40(34,35)20-9-13-37-17-20/h3-8,20H,9-17H2,1-2H3,(H,27,29,33)/t20-/m0/s1. The van der Waals surface area contributed by atoms with E-state index >= 15 is 0 Å². The molecule has 2 aliphatic heterocycles. The third kappa shape index (κ3) is 6.75. The lowest BCUT2D eigenvalue weighted by molar-refractivity contribution is -0.110. The van der Waals surface area contributed by atoms with Crippen LogP contribution >= 0.6 is 11.3 Å². The van der Waals surface area contributed by atoms with Gasteiger partial charge < -0.3 is 19.1 Å². The number of amides is 1. The molecule has 0 bridgehead atoms. The molecule has 214 valence electrons. The van der Waals surface area contributed by atoms with Crippen LogP contribution in [0.5, 0.6) is 5.88 Å². The van der Waals surface area contributed by atoms with E-state index in [1.54, 1.807) is 29.3 Å². The molecule has 1 N–H and O–H groups in total. The normalized spacial score (nSPS) is 18.4. The molecular formula is C26H32N6O6S2. The van der Waals surface area contributed by atoms with E-state index in [0.717, 1.165) is 6.54 Å². The monoisotopic (exact) mass is 588 g/mol. The summed E-state index contributed by atoms with van der Waals surface area (Å²) in [5, 5.41) is 9.04. The smallest absolute Gasteiger partial charge is 0.278 e. The maximum absolute atomic E-state index is 13.5. The van der Waals surface area contributed by atoms with Gasteiger partial charge in [0.05, 0.1) is 43.1 Å². The first-order valence-corrected chi connectivity index (χ1v) is 15.4. The minimum absolute atomic E-state index is 0.148. The van der Waals surface area contributed by atoms with Gasteiger partial charge in [-0.2, -0.15) is 5.10 Å². The zero-order valence-corrected chi connectivity index (χ0v) is 24.0. The topological polar surface area (TPSA) is 136 Å². The van der Waals surface area contributed by atoms with Crippen molar-refractivity contribution in [2.75, 3.05) is 72.1 Å². The van der Waals surface area contributed by atoms with E-state index in [0.29, 0.717) is 72.9 Å². The molecular weight excluding hydrogens is 556 g/mol. The van der Waals surface area contributed by atoms with Crippen LogP contribution in [0.2, 0.25) is 0 Å². The molecule has 2 aliphatic rings.